The van der Waals surface area contributed by atoms with Crippen molar-refractivity contribution in [1.29, 1.82) is 0 Å². The molecule has 0 bridgehead atoms. The first-order valence-corrected chi connectivity index (χ1v) is 8.10. The molecule has 4 heteroatoms. The van der Waals surface area contributed by atoms with E-state index in [1.54, 1.807) is 0 Å². The fraction of sp³-hybridized carbons (Fsp3) is 0.562. The molecule has 2 aliphatic carbocycles. The monoisotopic (exact) mass is 289 g/mol. The summed E-state index contributed by atoms with van der Waals surface area (Å²) in [5.74, 6) is 6.81. The smallest absolute Gasteiger partial charge is 0.264 e. The van der Waals surface area contributed by atoms with Crippen LogP contribution in [-0.2, 0) is 0 Å². The van der Waals surface area contributed by atoms with E-state index >= 15 is 0 Å². The van der Waals surface area contributed by atoms with Gasteiger partial charge < -0.3 is 10.0 Å². The Morgan fingerprint density at radius 1 is 1.35 bits per heavy atom. The number of rotatable bonds is 5. The number of aliphatic hydroxyl groups excluding tert-OH is 1. The van der Waals surface area contributed by atoms with E-state index in [0.717, 1.165) is 35.1 Å². The zero-order valence-corrected chi connectivity index (χ0v) is 12.3. The molecular formula is C16H19NO2S. The highest BCUT2D eigenvalue weighted by molar-refractivity contribution is 7.14. The van der Waals surface area contributed by atoms with E-state index in [4.69, 9.17) is 5.11 Å². The summed E-state index contributed by atoms with van der Waals surface area (Å²) in [6.45, 7) is 1.02. The Morgan fingerprint density at radius 2 is 2.15 bits per heavy atom. The third-order valence-electron chi connectivity index (χ3n) is 3.67. The number of nitrogens with zero attached hydrogens (tertiary/aromatic N) is 1. The molecule has 1 aromatic rings. The van der Waals surface area contributed by atoms with Gasteiger partial charge in [0.05, 0.1) is 16.4 Å². The van der Waals surface area contributed by atoms with Crippen LogP contribution >= 0.6 is 11.3 Å². The van der Waals surface area contributed by atoms with E-state index < -0.39 is 0 Å². The molecule has 0 saturated heterocycles. The van der Waals surface area contributed by atoms with Crippen LogP contribution in [0, 0.1) is 17.8 Å². The van der Waals surface area contributed by atoms with E-state index in [1.807, 2.05) is 12.1 Å². The van der Waals surface area contributed by atoms with Crippen molar-refractivity contribution >= 4 is 17.2 Å². The minimum absolute atomic E-state index is 0.0843. The van der Waals surface area contributed by atoms with Gasteiger partial charge in [0.25, 0.3) is 5.91 Å². The molecule has 1 N–H and O–H groups in total. The van der Waals surface area contributed by atoms with Crippen molar-refractivity contribution < 1.29 is 9.90 Å². The Bertz CT molecular complexity index is 546. The zero-order chi connectivity index (χ0) is 13.9. The van der Waals surface area contributed by atoms with Crippen molar-refractivity contribution in [3.63, 3.8) is 0 Å². The van der Waals surface area contributed by atoms with Gasteiger partial charge in [-0.3, -0.25) is 4.79 Å². The highest BCUT2D eigenvalue weighted by Gasteiger charge is 2.37. The molecule has 0 spiro atoms. The highest BCUT2D eigenvalue weighted by atomic mass is 32.1. The van der Waals surface area contributed by atoms with Crippen LogP contribution < -0.4 is 0 Å². The van der Waals surface area contributed by atoms with Gasteiger partial charge in [0.1, 0.15) is 0 Å². The first-order valence-electron chi connectivity index (χ1n) is 7.28. The molecule has 0 aromatic carbocycles. The SMILES string of the molecule is O=C(c1ccc(C#CCCO)s1)N(CC1CC1)C1CC1. The van der Waals surface area contributed by atoms with Crippen LogP contribution in [0.3, 0.4) is 0 Å². The van der Waals surface area contributed by atoms with Crippen molar-refractivity contribution in [3.8, 4) is 11.8 Å². The summed E-state index contributed by atoms with van der Waals surface area (Å²) in [4.78, 5) is 16.4. The molecule has 1 amide bonds. The maximum absolute atomic E-state index is 12.6. The summed E-state index contributed by atoms with van der Waals surface area (Å²) >= 11 is 1.47. The lowest BCUT2D eigenvalue weighted by atomic mass is 10.3. The highest BCUT2D eigenvalue weighted by Crippen LogP contribution is 2.36. The van der Waals surface area contributed by atoms with Crippen molar-refractivity contribution in [2.45, 2.75) is 38.1 Å². The Kier molecular flexibility index (Phi) is 4.09. The van der Waals surface area contributed by atoms with Crippen molar-refractivity contribution in [1.82, 2.24) is 4.90 Å². The lowest BCUT2D eigenvalue weighted by molar-refractivity contribution is 0.0739. The predicted octanol–water partition coefficient (Wildman–Crippen LogP) is 2.50. The molecule has 0 radical (unpaired) electrons. The summed E-state index contributed by atoms with van der Waals surface area (Å²) in [6.07, 6.45) is 5.36. The predicted molar refractivity (Wildman–Crippen MR) is 79.7 cm³/mol. The average molecular weight is 289 g/mol. The molecule has 20 heavy (non-hydrogen) atoms. The summed E-state index contributed by atoms with van der Waals surface area (Å²) < 4.78 is 0. The van der Waals surface area contributed by atoms with Gasteiger partial charge in [0.2, 0.25) is 0 Å². The van der Waals surface area contributed by atoms with Gasteiger partial charge in [-0.05, 0) is 43.7 Å². The number of amides is 1. The third-order valence-corrected chi connectivity index (χ3v) is 4.65. The van der Waals surface area contributed by atoms with Crippen molar-refractivity contribution in [3.05, 3.63) is 21.9 Å². The standard InChI is InChI=1S/C16H19NO2S/c18-10-2-1-3-14-8-9-15(20-14)16(19)17(13-6-7-13)11-12-4-5-12/h8-9,12-13,18H,2,4-7,10-11H2. The Morgan fingerprint density at radius 3 is 2.80 bits per heavy atom. The maximum Gasteiger partial charge on any atom is 0.264 e. The largest absolute Gasteiger partial charge is 0.395 e. The molecule has 3 nitrogen and oxygen atoms in total. The average Bonchev–Trinajstić information content (AvgIpc) is 3.35. The molecule has 2 aliphatic rings. The quantitative estimate of drug-likeness (QED) is 0.846. The number of carbonyl (C=O) groups excluding carboxylic acids is 1. The lowest BCUT2D eigenvalue weighted by Gasteiger charge is -2.21. The van der Waals surface area contributed by atoms with Gasteiger partial charge in [-0.25, -0.2) is 0 Å². The topological polar surface area (TPSA) is 40.5 Å². The number of hydrogen-bond donors (Lipinski definition) is 1. The molecule has 3 rings (SSSR count). The molecule has 1 aromatic heterocycles. The van der Waals surface area contributed by atoms with Crippen LogP contribution in [0.5, 0.6) is 0 Å². The summed E-state index contributed by atoms with van der Waals surface area (Å²) in [7, 11) is 0. The second-order valence-electron chi connectivity index (χ2n) is 5.57. The van der Waals surface area contributed by atoms with Crippen LogP contribution in [0.25, 0.3) is 0 Å². The summed E-state index contributed by atoms with van der Waals surface area (Å²) in [6, 6.07) is 4.28. The van der Waals surface area contributed by atoms with Crippen molar-refractivity contribution in [2.24, 2.45) is 5.92 Å². The van der Waals surface area contributed by atoms with Crippen LogP contribution in [0.4, 0.5) is 0 Å². The fourth-order valence-corrected chi connectivity index (χ4v) is 3.07. The summed E-state index contributed by atoms with van der Waals surface area (Å²) in [5.41, 5.74) is 0. The van der Waals surface area contributed by atoms with Gasteiger partial charge in [0, 0.05) is 19.0 Å². The summed E-state index contributed by atoms with van der Waals surface area (Å²) in [5, 5.41) is 8.71. The van der Waals surface area contributed by atoms with Gasteiger partial charge in [0.15, 0.2) is 0 Å². The number of aliphatic hydroxyl groups is 1. The first-order chi connectivity index (χ1) is 9.78. The second-order valence-corrected chi connectivity index (χ2v) is 6.66. The van der Waals surface area contributed by atoms with Crippen LogP contribution in [-0.4, -0.2) is 35.1 Å². The van der Waals surface area contributed by atoms with Gasteiger partial charge in [-0.1, -0.05) is 11.8 Å². The molecule has 0 unspecified atom stereocenters. The third kappa shape index (κ3) is 3.41. The van der Waals surface area contributed by atoms with E-state index in [9.17, 15) is 4.79 Å². The number of hydrogen-bond acceptors (Lipinski definition) is 3. The second kappa shape index (κ2) is 5.99. The maximum atomic E-state index is 12.6. The van der Waals surface area contributed by atoms with Crippen molar-refractivity contribution in [2.75, 3.05) is 13.2 Å². The normalized spacial score (nSPS) is 17.4. The van der Waals surface area contributed by atoms with Crippen LogP contribution in [0.15, 0.2) is 12.1 Å². The van der Waals surface area contributed by atoms with E-state index in [0.29, 0.717) is 12.5 Å². The molecule has 0 aliphatic heterocycles. The molecule has 106 valence electrons. The fourth-order valence-electron chi connectivity index (χ4n) is 2.23. The molecular weight excluding hydrogens is 270 g/mol. The van der Waals surface area contributed by atoms with E-state index in [-0.39, 0.29) is 12.5 Å². The van der Waals surface area contributed by atoms with Crippen LogP contribution in [0.1, 0.15) is 46.7 Å². The minimum Gasteiger partial charge on any atom is -0.395 e. The van der Waals surface area contributed by atoms with Gasteiger partial charge in [-0.15, -0.1) is 11.3 Å². The molecule has 2 fully saturated rings. The Hall–Kier alpha value is -1.31. The zero-order valence-electron chi connectivity index (χ0n) is 11.5. The minimum atomic E-state index is 0.0843. The van der Waals surface area contributed by atoms with Gasteiger partial charge >= 0.3 is 0 Å². The number of carbonyl (C=O) groups is 1. The van der Waals surface area contributed by atoms with Gasteiger partial charge in [-0.2, -0.15) is 0 Å². The van der Waals surface area contributed by atoms with E-state index in [1.165, 1.54) is 24.2 Å². The molecule has 1 heterocycles. The van der Waals surface area contributed by atoms with Crippen LogP contribution in [0.2, 0.25) is 0 Å². The van der Waals surface area contributed by atoms with E-state index in [2.05, 4.69) is 16.7 Å². The molecule has 2 saturated carbocycles. The molecule has 0 atom stereocenters. The lowest BCUT2D eigenvalue weighted by Crippen LogP contribution is -2.34. The Labute approximate surface area is 123 Å². The number of thiophene rings is 1. The first kappa shape index (κ1) is 13.7. The Balaban J connectivity index is 1.67.